The van der Waals surface area contributed by atoms with Crippen LogP contribution in [0.4, 0.5) is 4.39 Å². The maximum absolute atomic E-state index is 14.2. The van der Waals surface area contributed by atoms with E-state index in [2.05, 4.69) is 0 Å². The van der Waals surface area contributed by atoms with Gasteiger partial charge in [-0.1, -0.05) is 37.1 Å². The first-order chi connectivity index (χ1) is 7.09. The van der Waals surface area contributed by atoms with Gasteiger partial charge in [0.25, 0.3) is 0 Å². The third-order valence-electron chi connectivity index (χ3n) is 2.47. The topological polar surface area (TPSA) is 26.0 Å². The van der Waals surface area contributed by atoms with E-state index in [1.807, 2.05) is 19.1 Å². The largest absolute Gasteiger partial charge is 0.328 e. The fourth-order valence-corrected chi connectivity index (χ4v) is 1.94. The molecule has 0 fully saturated rings. The third kappa shape index (κ3) is 3.80. The molecule has 15 heavy (non-hydrogen) atoms. The molecule has 0 aliphatic heterocycles. The average molecular weight is 230 g/mol. The van der Waals surface area contributed by atoms with Gasteiger partial charge in [-0.15, -0.1) is 0 Å². The SMILES string of the molecule is CCCC(F)(CN)Cc1cccc(Cl)c1. The normalized spacial score (nSPS) is 14.9. The van der Waals surface area contributed by atoms with Crippen molar-refractivity contribution in [2.75, 3.05) is 6.54 Å². The van der Waals surface area contributed by atoms with Gasteiger partial charge in [0.1, 0.15) is 5.67 Å². The zero-order valence-electron chi connectivity index (χ0n) is 8.97. The van der Waals surface area contributed by atoms with Gasteiger partial charge >= 0.3 is 0 Å². The lowest BCUT2D eigenvalue weighted by molar-refractivity contribution is 0.158. The molecular formula is C12H17ClFN. The second-order valence-corrected chi connectivity index (χ2v) is 4.35. The van der Waals surface area contributed by atoms with Gasteiger partial charge in [0, 0.05) is 18.0 Å². The number of rotatable bonds is 5. The highest BCUT2D eigenvalue weighted by atomic mass is 35.5. The molecule has 1 atom stereocenters. The summed E-state index contributed by atoms with van der Waals surface area (Å²) < 4.78 is 14.2. The molecule has 0 spiro atoms. The van der Waals surface area contributed by atoms with Crippen molar-refractivity contribution in [3.63, 3.8) is 0 Å². The first-order valence-corrected chi connectivity index (χ1v) is 5.61. The monoisotopic (exact) mass is 229 g/mol. The molecule has 1 nitrogen and oxygen atoms in total. The Morgan fingerprint density at radius 1 is 1.47 bits per heavy atom. The second-order valence-electron chi connectivity index (χ2n) is 3.91. The summed E-state index contributed by atoms with van der Waals surface area (Å²) in [5, 5.41) is 0.642. The van der Waals surface area contributed by atoms with Crippen molar-refractivity contribution in [1.29, 1.82) is 0 Å². The summed E-state index contributed by atoms with van der Waals surface area (Å²) in [6.07, 6.45) is 1.64. The Morgan fingerprint density at radius 2 is 2.20 bits per heavy atom. The number of halogens is 2. The Morgan fingerprint density at radius 3 is 2.73 bits per heavy atom. The molecule has 1 unspecified atom stereocenters. The van der Waals surface area contributed by atoms with E-state index in [1.54, 1.807) is 12.1 Å². The Labute approximate surface area is 95.4 Å². The lowest BCUT2D eigenvalue weighted by atomic mass is 9.92. The van der Waals surface area contributed by atoms with Gasteiger partial charge in [-0.3, -0.25) is 0 Å². The number of hydrogen-bond donors (Lipinski definition) is 1. The molecular weight excluding hydrogens is 213 g/mol. The van der Waals surface area contributed by atoms with Crippen molar-refractivity contribution >= 4 is 11.6 Å². The lowest BCUT2D eigenvalue weighted by Crippen LogP contribution is -2.35. The Kier molecular flexibility index (Phi) is 4.55. The second kappa shape index (κ2) is 5.47. The van der Waals surface area contributed by atoms with Gasteiger partial charge in [-0.25, -0.2) is 4.39 Å². The van der Waals surface area contributed by atoms with Crippen molar-refractivity contribution in [2.24, 2.45) is 5.73 Å². The molecule has 2 N–H and O–H groups in total. The molecule has 1 aromatic carbocycles. The van der Waals surface area contributed by atoms with Crippen molar-refractivity contribution in [2.45, 2.75) is 31.9 Å². The molecule has 1 rings (SSSR count). The molecule has 1 aromatic rings. The molecule has 3 heteroatoms. The van der Waals surface area contributed by atoms with Crippen molar-refractivity contribution in [3.8, 4) is 0 Å². The highest BCUT2D eigenvalue weighted by Crippen LogP contribution is 2.24. The summed E-state index contributed by atoms with van der Waals surface area (Å²) in [6, 6.07) is 7.29. The zero-order chi connectivity index (χ0) is 11.3. The van der Waals surface area contributed by atoms with Crippen LogP contribution in [0.25, 0.3) is 0 Å². The van der Waals surface area contributed by atoms with Crippen LogP contribution in [0.1, 0.15) is 25.3 Å². The van der Waals surface area contributed by atoms with Gasteiger partial charge in [-0.2, -0.15) is 0 Å². The molecule has 0 bridgehead atoms. The van der Waals surface area contributed by atoms with Gasteiger partial charge < -0.3 is 5.73 Å². The van der Waals surface area contributed by atoms with E-state index in [0.717, 1.165) is 12.0 Å². The van der Waals surface area contributed by atoms with Crippen LogP contribution in [0, 0.1) is 0 Å². The first kappa shape index (κ1) is 12.5. The summed E-state index contributed by atoms with van der Waals surface area (Å²) >= 11 is 5.84. The van der Waals surface area contributed by atoms with E-state index < -0.39 is 5.67 Å². The Bertz CT molecular complexity index is 316. The van der Waals surface area contributed by atoms with Crippen molar-refractivity contribution < 1.29 is 4.39 Å². The highest BCUT2D eigenvalue weighted by Gasteiger charge is 2.27. The van der Waals surface area contributed by atoms with E-state index in [9.17, 15) is 4.39 Å². The van der Waals surface area contributed by atoms with Crippen LogP contribution in [0.5, 0.6) is 0 Å². The van der Waals surface area contributed by atoms with Gasteiger partial charge in [-0.05, 0) is 24.1 Å². The Hall–Kier alpha value is -0.600. The van der Waals surface area contributed by atoms with Crippen LogP contribution in [0.15, 0.2) is 24.3 Å². The lowest BCUT2D eigenvalue weighted by Gasteiger charge is -2.23. The summed E-state index contributed by atoms with van der Waals surface area (Å²) in [4.78, 5) is 0. The van der Waals surface area contributed by atoms with E-state index in [-0.39, 0.29) is 6.54 Å². The molecule has 0 aromatic heterocycles. The zero-order valence-corrected chi connectivity index (χ0v) is 9.73. The van der Waals surface area contributed by atoms with E-state index in [4.69, 9.17) is 17.3 Å². The van der Waals surface area contributed by atoms with E-state index >= 15 is 0 Å². The van der Waals surface area contributed by atoms with Crippen LogP contribution in [-0.4, -0.2) is 12.2 Å². The van der Waals surface area contributed by atoms with Crippen LogP contribution in [0.2, 0.25) is 5.02 Å². The molecule has 0 radical (unpaired) electrons. The number of hydrogen-bond acceptors (Lipinski definition) is 1. The molecule has 0 amide bonds. The fourth-order valence-electron chi connectivity index (χ4n) is 1.72. The summed E-state index contributed by atoms with van der Waals surface area (Å²) in [5.74, 6) is 0. The number of benzene rings is 1. The minimum atomic E-state index is -1.29. The van der Waals surface area contributed by atoms with Gasteiger partial charge in [0.2, 0.25) is 0 Å². The summed E-state index contributed by atoms with van der Waals surface area (Å²) in [5.41, 5.74) is 5.09. The third-order valence-corrected chi connectivity index (χ3v) is 2.71. The van der Waals surface area contributed by atoms with Crippen molar-refractivity contribution in [3.05, 3.63) is 34.9 Å². The molecule has 0 aliphatic carbocycles. The minimum absolute atomic E-state index is 0.0629. The van der Waals surface area contributed by atoms with Crippen LogP contribution in [-0.2, 0) is 6.42 Å². The molecule has 0 saturated carbocycles. The predicted octanol–water partition coefficient (Wildman–Crippen LogP) is 3.35. The van der Waals surface area contributed by atoms with Gasteiger partial charge in [0.15, 0.2) is 0 Å². The van der Waals surface area contributed by atoms with Crippen molar-refractivity contribution in [1.82, 2.24) is 0 Å². The molecule has 0 saturated heterocycles. The maximum Gasteiger partial charge on any atom is 0.127 e. The standard InChI is InChI=1S/C12H17ClFN/c1-2-6-12(14,9-15)8-10-4-3-5-11(13)7-10/h3-5,7H,2,6,8-9,15H2,1H3. The van der Waals surface area contributed by atoms with E-state index in [0.29, 0.717) is 17.9 Å². The predicted molar refractivity (Wildman–Crippen MR) is 63.0 cm³/mol. The summed E-state index contributed by atoms with van der Waals surface area (Å²) in [6.45, 7) is 2.02. The van der Waals surface area contributed by atoms with Crippen LogP contribution >= 0.6 is 11.6 Å². The van der Waals surface area contributed by atoms with Gasteiger partial charge in [0.05, 0.1) is 0 Å². The minimum Gasteiger partial charge on any atom is -0.328 e. The van der Waals surface area contributed by atoms with Crippen LogP contribution in [0.3, 0.4) is 0 Å². The fraction of sp³-hybridized carbons (Fsp3) is 0.500. The first-order valence-electron chi connectivity index (χ1n) is 5.23. The molecule has 0 aliphatic rings. The smallest absolute Gasteiger partial charge is 0.127 e. The number of nitrogens with two attached hydrogens (primary N) is 1. The highest BCUT2D eigenvalue weighted by molar-refractivity contribution is 6.30. The molecule has 84 valence electrons. The van der Waals surface area contributed by atoms with Crippen LogP contribution < -0.4 is 5.73 Å². The Balaban J connectivity index is 2.74. The van der Waals surface area contributed by atoms with E-state index in [1.165, 1.54) is 0 Å². The maximum atomic E-state index is 14.2. The average Bonchev–Trinajstić information content (AvgIpc) is 2.18. The number of alkyl halides is 1. The summed E-state index contributed by atoms with van der Waals surface area (Å²) in [7, 11) is 0. The molecule has 0 heterocycles. The quantitative estimate of drug-likeness (QED) is 0.824.